The minimum Gasteiger partial charge on any atom is -0.513 e. The lowest BCUT2D eigenvalue weighted by Gasteiger charge is -1.84. The Labute approximate surface area is 102 Å². The van der Waals surface area contributed by atoms with E-state index >= 15 is 0 Å². The first-order chi connectivity index (χ1) is 8.17. The number of H-pyrrole nitrogens is 1. The van der Waals surface area contributed by atoms with Gasteiger partial charge in [-0.15, -0.1) is 0 Å². The van der Waals surface area contributed by atoms with Gasteiger partial charge in [0, 0.05) is 11.0 Å². The van der Waals surface area contributed by atoms with E-state index in [2.05, 4.69) is 17.1 Å². The number of aromatic nitrogens is 1. The van der Waals surface area contributed by atoms with E-state index in [1.807, 2.05) is 44.2 Å². The second-order valence-electron chi connectivity index (χ2n) is 3.74. The molecule has 0 aliphatic rings. The highest BCUT2D eigenvalue weighted by atomic mass is 16.3. The lowest BCUT2D eigenvalue weighted by atomic mass is 10.3. The Balaban J connectivity index is 3.10. The fourth-order valence-electron chi connectivity index (χ4n) is 1.46. The maximum Gasteiger partial charge on any atom is 0.0891 e. The van der Waals surface area contributed by atoms with Crippen LogP contribution in [-0.4, -0.2) is 10.1 Å². The number of hydrogen-bond donors (Lipinski definition) is 2. The molecule has 0 aromatic carbocycles. The van der Waals surface area contributed by atoms with E-state index in [1.54, 1.807) is 13.0 Å². The third-order valence-corrected chi connectivity index (χ3v) is 2.28. The molecule has 1 heterocycles. The van der Waals surface area contributed by atoms with Crippen LogP contribution < -0.4 is 10.6 Å². The normalized spacial score (nSPS) is 15.6. The molecule has 17 heavy (non-hydrogen) atoms. The second-order valence-corrected chi connectivity index (χ2v) is 3.74. The van der Waals surface area contributed by atoms with Crippen molar-refractivity contribution in [2.24, 2.45) is 0 Å². The van der Waals surface area contributed by atoms with Crippen LogP contribution in [0, 0.1) is 0 Å². The van der Waals surface area contributed by atoms with Gasteiger partial charge in [0.05, 0.1) is 5.76 Å². The first-order valence-corrected chi connectivity index (χ1v) is 5.69. The van der Waals surface area contributed by atoms with Crippen LogP contribution in [-0.2, 0) is 0 Å². The van der Waals surface area contributed by atoms with E-state index in [1.165, 1.54) is 5.22 Å². The summed E-state index contributed by atoms with van der Waals surface area (Å²) in [6.45, 7) is 5.65. The molecule has 2 N–H and O–H groups in total. The molecule has 2 heteroatoms. The lowest BCUT2D eigenvalue weighted by Crippen LogP contribution is -2.20. The van der Waals surface area contributed by atoms with Crippen LogP contribution in [0.1, 0.15) is 26.5 Å². The van der Waals surface area contributed by atoms with E-state index in [4.69, 9.17) is 5.11 Å². The van der Waals surface area contributed by atoms with Crippen LogP contribution in [0.3, 0.4) is 0 Å². The van der Waals surface area contributed by atoms with Crippen molar-refractivity contribution in [3.8, 4) is 0 Å². The van der Waals surface area contributed by atoms with Crippen molar-refractivity contribution in [2.45, 2.75) is 20.8 Å². The first kappa shape index (κ1) is 13.1. The van der Waals surface area contributed by atoms with Crippen LogP contribution in [0.4, 0.5) is 0 Å². The molecule has 0 aliphatic carbocycles. The summed E-state index contributed by atoms with van der Waals surface area (Å²) in [6.07, 6.45) is 13.5. The van der Waals surface area contributed by atoms with Gasteiger partial charge in [0.25, 0.3) is 0 Å². The van der Waals surface area contributed by atoms with Crippen LogP contribution >= 0.6 is 0 Å². The fourth-order valence-corrected chi connectivity index (χ4v) is 1.46. The van der Waals surface area contributed by atoms with Crippen LogP contribution in [0.2, 0.25) is 0 Å². The Hall–Kier alpha value is -1.96. The quantitative estimate of drug-likeness (QED) is 0.606. The predicted molar refractivity (Wildman–Crippen MR) is 74.9 cm³/mol. The van der Waals surface area contributed by atoms with Crippen molar-refractivity contribution in [2.75, 3.05) is 0 Å². The van der Waals surface area contributed by atoms with Crippen LogP contribution in [0.15, 0.2) is 36.1 Å². The minimum atomic E-state index is 0.302. The molecule has 0 atom stereocenters. The van der Waals surface area contributed by atoms with Crippen molar-refractivity contribution in [3.05, 3.63) is 52.4 Å². The molecule has 1 aromatic heterocycles. The summed E-state index contributed by atoms with van der Waals surface area (Å²) in [5.41, 5.74) is 1.02. The Morgan fingerprint density at radius 3 is 2.65 bits per heavy atom. The third kappa shape index (κ3) is 4.19. The van der Waals surface area contributed by atoms with E-state index in [9.17, 15) is 0 Å². The molecule has 1 aromatic rings. The number of aliphatic hydroxyl groups excluding tert-OH is 1. The zero-order chi connectivity index (χ0) is 12.7. The molecule has 0 unspecified atom stereocenters. The number of aromatic amines is 1. The molecule has 0 fully saturated rings. The number of nitrogens with one attached hydrogen (secondary N) is 1. The number of rotatable bonds is 3. The molecule has 0 radical (unpaired) electrons. The van der Waals surface area contributed by atoms with Gasteiger partial charge in [0.15, 0.2) is 0 Å². The maximum atomic E-state index is 9.03. The molecular formula is C15H19NO. The zero-order valence-corrected chi connectivity index (χ0v) is 10.6. The molecule has 0 bridgehead atoms. The number of aliphatic hydroxyl groups is 1. The molecular weight excluding hydrogens is 210 g/mol. The van der Waals surface area contributed by atoms with E-state index in [-0.39, 0.29) is 0 Å². The van der Waals surface area contributed by atoms with Crippen molar-refractivity contribution >= 4 is 18.2 Å². The molecule has 90 valence electrons. The van der Waals surface area contributed by atoms with E-state index < -0.39 is 0 Å². The summed E-state index contributed by atoms with van der Waals surface area (Å²) in [6, 6.07) is 2.08. The standard InChI is InChI=1S/C15H19NO/c1-4-6-10-15-13(5-2)11-14(16-15)9-7-8-12(3)17/h4-11,16-17H,1-3H3/b6-4-,9-7-,12-8+,13-5-,15-10+. The number of allylic oxidation sites excluding steroid dienone is 5. The average molecular weight is 229 g/mol. The molecule has 0 saturated heterocycles. The van der Waals surface area contributed by atoms with Crippen molar-refractivity contribution in [3.63, 3.8) is 0 Å². The Bertz CT molecular complexity index is 552. The van der Waals surface area contributed by atoms with E-state index in [0.717, 1.165) is 11.0 Å². The highest BCUT2D eigenvalue weighted by Crippen LogP contribution is 1.94. The molecule has 0 amide bonds. The SMILES string of the molecule is C\C=C/C=c1/[nH]c(/C=C\C=C(/C)O)c/c1=C/C. The minimum absolute atomic E-state index is 0.302. The summed E-state index contributed by atoms with van der Waals surface area (Å²) >= 11 is 0. The highest BCUT2D eigenvalue weighted by Gasteiger charge is 1.90. The van der Waals surface area contributed by atoms with Crippen LogP contribution in [0.5, 0.6) is 0 Å². The maximum absolute atomic E-state index is 9.03. The first-order valence-electron chi connectivity index (χ1n) is 5.69. The van der Waals surface area contributed by atoms with Gasteiger partial charge in [-0.05, 0) is 50.3 Å². The van der Waals surface area contributed by atoms with Gasteiger partial charge < -0.3 is 10.1 Å². The highest BCUT2D eigenvalue weighted by molar-refractivity contribution is 5.50. The molecule has 0 saturated carbocycles. The van der Waals surface area contributed by atoms with Crippen molar-refractivity contribution < 1.29 is 5.11 Å². The van der Waals surface area contributed by atoms with Crippen molar-refractivity contribution in [1.82, 2.24) is 4.98 Å². The second kappa shape index (κ2) is 6.59. The van der Waals surface area contributed by atoms with Gasteiger partial charge in [-0.25, -0.2) is 0 Å². The van der Waals surface area contributed by atoms with Gasteiger partial charge >= 0.3 is 0 Å². The third-order valence-electron chi connectivity index (χ3n) is 2.28. The lowest BCUT2D eigenvalue weighted by molar-refractivity contribution is 0.414. The fraction of sp³-hybridized carbons (Fsp3) is 0.200. The van der Waals surface area contributed by atoms with Gasteiger partial charge in [-0.3, -0.25) is 0 Å². The Kier molecular flexibility index (Phi) is 5.08. The average Bonchev–Trinajstić information content (AvgIpc) is 2.68. The summed E-state index contributed by atoms with van der Waals surface area (Å²) < 4.78 is 0. The topological polar surface area (TPSA) is 36.0 Å². The van der Waals surface area contributed by atoms with Gasteiger partial charge in [0.1, 0.15) is 0 Å². The Morgan fingerprint density at radius 1 is 1.29 bits per heavy atom. The molecule has 1 rings (SSSR count). The summed E-state index contributed by atoms with van der Waals surface area (Å²) in [5, 5.41) is 11.3. The molecule has 2 nitrogen and oxygen atoms in total. The van der Waals surface area contributed by atoms with Gasteiger partial charge in [0.2, 0.25) is 0 Å². The van der Waals surface area contributed by atoms with E-state index in [0.29, 0.717) is 5.76 Å². The van der Waals surface area contributed by atoms with Gasteiger partial charge in [-0.2, -0.15) is 0 Å². The van der Waals surface area contributed by atoms with Crippen LogP contribution in [0.25, 0.3) is 18.2 Å². The monoisotopic (exact) mass is 229 g/mol. The summed E-state index contributed by atoms with van der Waals surface area (Å²) in [5.74, 6) is 0.302. The Morgan fingerprint density at radius 2 is 2.06 bits per heavy atom. The van der Waals surface area contributed by atoms with Gasteiger partial charge in [-0.1, -0.05) is 24.3 Å². The summed E-state index contributed by atoms with van der Waals surface area (Å²) in [7, 11) is 0. The zero-order valence-electron chi connectivity index (χ0n) is 10.6. The number of hydrogen-bond acceptors (Lipinski definition) is 1. The van der Waals surface area contributed by atoms with Crippen molar-refractivity contribution in [1.29, 1.82) is 0 Å². The largest absolute Gasteiger partial charge is 0.513 e. The molecule has 0 spiro atoms. The predicted octanol–water partition coefficient (Wildman–Crippen LogP) is 2.65. The smallest absolute Gasteiger partial charge is 0.0891 e. The summed E-state index contributed by atoms with van der Waals surface area (Å²) in [4.78, 5) is 3.31. The molecule has 0 aliphatic heterocycles.